The molecule has 0 amide bonds. The first-order valence-corrected chi connectivity index (χ1v) is 8.39. The fraction of sp³-hybridized carbons (Fsp3) is 0.684. The molecule has 0 aliphatic rings. The molecule has 2 nitrogen and oxygen atoms in total. The third kappa shape index (κ3) is 5.80. The molecule has 0 bridgehead atoms. The maximum Gasteiger partial charge on any atom is 0.0177 e. The second-order valence-electron chi connectivity index (χ2n) is 7.11. The van der Waals surface area contributed by atoms with E-state index >= 15 is 0 Å². The third-order valence-electron chi connectivity index (χ3n) is 4.23. The molecule has 0 aromatic heterocycles. The predicted molar refractivity (Wildman–Crippen MR) is 93.9 cm³/mol. The Bertz CT molecular complexity index is 386. The van der Waals surface area contributed by atoms with Gasteiger partial charge in [0, 0.05) is 24.5 Å². The summed E-state index contributed by atoms with van der Waals surface area (Å²) in [5.41, 5.74) is 1.58. The van der Waals surface area contributed by atoms with Crippen LogP contribution in [0, 0.1) is 5.92 Å². The number of hydrogen-bond donors (Lipinski definition) is 1. The van der Waals surface area contributed by atoms with Gasteiger partial charge in [-0.2, -0.15) is 0 Å². The van der Waals surface area contributed by atoms with Gasteiger partial charge in [-0.1, -0.05) is 58.0 Å². The number of nitrogens with one attached hydrogen (secondary N) is 1. The summed E-state index contributed by atoms with van der Waals surface area (Å²) in [4.78, 5) is 2.56. The highest BCUT2D eigenvalue weighted by Crippen LogP contribution is 2.25. The maximum atomic E-state index is 3.67. The molecule has 0 radical (unpaired) electrons. The van der Waals surface area contributed by atoms with Gasteiger partial charge in [-0.25, -0.2) is 0 Å². The van der Waals surface area contributed by atoms with Crippen molar-refractivity contribution in [2.75, 3.05) is 26.2 Å². The van der Waals surface area contributed by atoms with Gasteiger partial charge in [-0.05, 0) is 38.4 Å². The SMILES string of the molecule is CCN(CC(C)(CNCC(C)C)c1ccccc1)C(C)C. The van der Waals surface area contributed by atoms with E-state index in [1.807, 2.05) is 0 Å². The minimum Gasteiger partial charge on any atom is -0.316 e. The lowest BCUT2D eigenvalue weighted by Gasteiger charge is -2.38. The summed E-state index contributed by atoms with van der Waals surface area (Å²) in [6, 6.07) is 11.5. The highest BCUT2D eigenvalue weighted by Gasteiger charge is 2.29. The Labute approximate surface area is 131 Å². The van der Waals surface area contributed by atoms with Gasteiger partial charge in [0.25, 0.3) is 0 Å². The van der Waals surface area contributed by atoms with Gasteiger partial charge in [0.2, 0.25) is 0 Å². The van der Waals surface area contributed by atoms with Crippen LogP contribution in [0.4, 0.5) is 0 Å². The van der Waals surface area contributed by atoms with Crippen molar-refractivity contribution in [3.63, 3.8) is 0 Å². The molecule has 1 aromatic carbocycles. The summed E-state index contributed by atoms with van der Waals surface area (Å²) >= 11 is 0. The van der Waals surface area contributed by atoms with Crippen molar-refractivity contribution in [1.82, 2.24) is 10.2 Å². The van der Waals surface area contributed by atoms with Crippen molar-refractivity contribution < 1.29 is 0 Å². The molecule has 0 saturated carbocycles. The van der Waals surface area contributed by atoms with Crippen LogP contribution in [0.5, 0.6) is 0 Å². The summed E-state index contributed by atoms with van der Waals surface area (Å²) in [5.74, 6) is 0.692. The van der Waals surface area contributed by atoms with Crippen molar-refractivity contribution in [2.24, 2.45) is 5.92 Å². The van der Waals surface area contributed by atoms with Crippen LogP contribution in [-0.4, -0.2) is 37.1 Å². The minimum atomic E-state index is 0.149. The van der Waals surface area contributed by atoms with Gasteiger partial charge < -0.3 is 10.2 Å². The third-order valence-corrected chi connectivity index (χ3v) is 4.23. The molecule has 0 saturated heterocycles. The van der Waals surface area contributed by atoms with E-state index in [1.54, 1.807) is 0 Å². The number of rotatable bonds is 9. The van der Waals surface area contributed by atoms with Crippen LogP contribution < -0.4 is 5.32 Å². The van der Waals surface area contributed by atoms with Crippen LogP contribution >= 0.6 is 0 Å². The Morgan fingerprint density at radius 1 is 1.10 bits per heavy atom. The lowest BCUT2D eigenvalue weighted by Crippen LogP contribution is -2.48. The first-order valence-electron chi connectivity index (χ1n) is 8.39. The normalized spacial score (nSPS) is 14.9. The second-order valence-corrected chi connectivity index (χ2v) is 7.11. The number of hydrogen-bond acceptors (Lipinski definition) is 2. The molecule has 120 valence electrons. The molecule has 1 N–H and O–H groups in total. The van der Waals surface area contributed by atoms with Crippen LogP contribution in [0.25, 0.3) is 0 Å². The standard InChI is InChI=1S/C19H34N2/c1-7-21(17(4)5)15-19(6,14-20-13-16(2)3)18-11-9-8-10-12-18/h8-12,16-17,20H,7,13-15H2,1-6H3. The molecule has 0 fully saturated rings. The van der Waals surface area contributed by atoms with Crippen molar-refractivity contribution in [2.45, 2.75) is 53.0 Å². The van der Waals surface area contributed by atoms with E-state index in [1.165, 1.54) is 5.56 Å². The lowest BCUT2D eigenvalue weighted by atomic mass is 9.81. The largest absolute Gasteiger partial charge is 0.316 e. The Morgan fingerprint density at radius 2 is 1.71 bits per heavy atom. The summed E-state index contributed by atoms with van der Waals surface area (Å²) in [6.07, 6.45) is 0. The van der Waals surface area contributed by atoms with E-state index in [2.05, 4.69) is 82.1 Å². The van der Waals surface area contributed by atoms with Crippen molar-refractivity contribution >= 4 is 0 Å². The lowest BCUT2D eigenvalue weighted by molar-refractivity contribution is 0.180. The van der Waals surface area contributed by atoms with Crippen LogP contribution in [0.2, 0.25) is 0 Å². The van der Waals surface area contributed by atoms with Gasteiger partial charge in [-0.15, -0.1) is 0 Å². The first kappa shape index (κ1) is 18.2. The molecule has 2 heteroatoms. The number of likely N-dealkylation sites (N-methyl/N-ethyl adjacent to an activating group) is 1. The summed E-state index contributed by atoms with van der Waals surface area (Å²) in [5, 5.41) is 3.67. The molecular weight excluding hydrogens is 256 g/mol. The predicted octanol–water partition coefficient (Wildman–Crippen LogP) is 3.92. The van der Waals surface area contributed by atoms with Crippen LogP contribution in [-0.2, 0) is 5.41 Å². The topological polar surface area (TPSA) is 15.3 Å². The van der Waals surface area contributed by atoms with E-state index in [9.17, 15) is 0 Å². The van der Waals surface area contributed by atoms with Gasteiger partial charge in [-0.3, -0.25) is 0 Å². The molecule has 0 aliphatic heterocycles. The summed E-state index contributed by atoms with van der Waals surface area (Å²) < 4.78 is 0. The zero-order valence-electron chi connectivity index (χ0n) is 14.8. The monoisotopic (exact) mass is 290 g/mol. The van der Waals surface area contributed by atoms with Gasteiger partial charge in [0.1, 0.15) is 0 Å². The van der Waals surface area contributed by atoms with Crippen LogP contribution in [0.1, 0.15) is 47.1 Å². The van der Waals surface area contributed by atoms with E-state index in [0.29, 0.717) is 12.0 Å². The average Bonchev–Trinajstić information content (AvgIpc) is 2.45. The molecular formula is C19H34N2. The van der Waals surface area contributed by atoms with Crippen LogP contribution in [0.15, 0.2) is 30.3 Å². The quantitative estimate of drug-likeness (QED) is 0.741. The zero-order chi connectivity index (χ0) is 15.9. The average molecular weight is 290 g/mol. The van der Waals surface area contributed by atoms with Crippen LogP contribution in [0.3, 0.4) is 0 Å². The molecule has 1 rings (SSSR count). The second kappa shape index (κ2) is 8.55. The molecule has 1 aromatic rings. The molecule has 0 spiro atoms. The first-order chi connectivity index (χ1) is 9.89. The van der Waals surface area contributed by atoms with E-state index < -0.39 is 0 Å². The molecule has 1 unspecified atom stereocenters. The fourth-order valence-corrected chi connectivity index (χ4v) is 2.83. The fourth-order valence-electron chi connectivity index (χ4n) is 2.83. The Hall–Kier alpha value is -0.860. The molecule has 21 heavy (non-hydrogen) atoms. The van der Waals surface area contributed by atoms with Gasteiger partial charge >= 0.3 is 0 Å². The van der Waals surface area contributed by atoms with Crippen molar-refractivity contribution in [3.8, 4) is 0 Å². The van der Waals surface area contributed by atoms with E-state index in [4.69, 9.17) is 0 Å². The van der Waals surface area contributed by atoms with E-state index in [0.717, 1.165) is 26.2 Å². The summed E-state index contributed by atoms with van der Waals surface area (Å²) in [6.45, 7) is 18.1. The molecule has 0 aliphatic carbocycles. The molecule has 0 heterocycles. The van der Waals surface area contributed by atoms with Crippen molar-refractivity contribution in [3.05, 3.63) is 35.9 Å². The highest BCUT2D eigenvalue weighted by molar-refractivity contribution is 5.25. The summed E-state index contributed by atoms with van der Waals surface area (Å²) in [7, 11) is 0. The number of nitrogens with zero attached hydrogens (tertiary/aromatic N) is 1. The number of benzene rings is 1. The zero-order valence-corrected chi connectivity index (χ0v) is 14.8. The smallest absolute Gasteiger partial charge is 0.0177 e. The Balaban J connectivity index is 2.88. The van der Waals surface area contributed by atoms with E-state index in [-0.39, 0.29) is 5.41 Å². The Kier molecular flexibility index (Phi) is 7.41. The van der Waals surface area contributed by atoms with Gasteiger partial charge in [0.05, 0.1) is 0 Å². The maximum absolute atomic E-state index is 3.67. The Morgan fingerprint density at radius 3 is 2.19 bits per heavy atom. The van der Waals surface area contributed by atoms with Gasteiger partial charge in [0.15, 0.2) is 0 Å². The minimum absolute atomic E-state index is 0.149. The highest BCUT2D eigenvalue weighted by atomic mass is 15.1. The molecule has 1 atom stereocenters. The van der Waals surface area contributed by atoms with Crippen molar-refractivity contribution in [1.29, 1.82) is 0 Å².